The van der Waals surface area contributed by atoms with Crippen LogP contribution in [0.1, 0.15) is 12.5 Å². The molecule has 0 spiro atoms. The first-order valence-corrected chi connectivity index (χ1v) is 12.6. The minimum atomic E-state index is -3.57. The molecule has 158 valence electrons. The second-order valence-electron chi connectivity index (χ2n) is 7.50. The van der Waals surface area contributed by atoms with Gasteiger partial charge in [-0.1, -0.05) is 49.4 Å². The third kappa shape index (κ3) is 5.95. The molecule has 0 aliphatic carbocycles. The van der Waals surface area contributed by atoms with Crippen molar-refractivity contribution in [2.45, 2.75) is 13.3 Å². The van der Waals surface area contributed by atoms with Gasteiger partial charge in [-0.25, -0.2) is 8.42 Å². The Balaban J connectivity index is 1.61. The lowest BCUT2D eigenvalue weighted by Gasteiger charge is -2.22. The third-order valence-electron chi connectivity index (χ3n) is 4.90. The summed E-state index contributed by atoms with van der Waals surface area (Å²) in [5, 5.41) is 5.31. The van der Waals surface area contributed by atoms with Crippen molar-refractivity contribution in [2.75, 3.05) is 23.7 Å². The Morgan fingerprint density at radius 1 is 1.03 bits per heavy atom. The van der Waals surface area contributed by atoms with E-state index in [0.29, 0.717) is 12.2 Å². The van der Waals surface area contributed by atoms with Crippen molar-refractivity contribution in [1.82, 2.24) is 5.32 Å². The van der Waals surface area contributed by atoms with Gasteiger partial charge in [0.15, 0.2) is 0 Å². The molecule has 0 bridgehead atoms. The van der Waals surface area contributed by atoms with Gasteiger partial charge in [-0.3, -0.25) is 9.10 Å². The van der Waals surface area contributed by atoms with Crippen LogP contribution in [0.3, 0.4) is 0 Å². The molecule has 0 heterocycles. The summed E-state index contributed by atoms with van der Waals surface area (Å²) in [4.78, 5) is 12.5. The standard InChI is InChI=1S/C23H25IN2O3S/c1-17(14-19-8-5-7-18-6-3-4-9-22(18)19)15-25-23(27)16-26(30(2,28)29)21-12-10-20(24)11-13-21/h3-13,17H,14-16H2,1-2H3,(H,25,27). The van der Waals surface area contributed by atoms with Crippen molar-refractivity contribution < 1.29 is 13.2 Å². The van der Waals surface area contributed by atoms with E-state index in [1.807, 2.05) is 30.3 Å². The molecule has 0 aromatic heterocycles. The summed E-state index contributed by atoms with van der Waals surface area (Å²) in [6.45, 7) is 2.32. The number of fused-ring (bicyclic) bond motifs is 1. The van der Waals surface area contributed by atoms with E-state index in [1.54, 1.807) is 12.1 Å². The van der Waals surface area contributed by atoms with Gasteiger partial charge in [0.25, 0.3) is 0 Å². The van der Waals surface area contributed by atoms with Crippen molar-refractivity contribution in [2.24, 2.45) is 5.92 Å². The molecule has 5 nitrogen and oxygen atoms in total. The van der Waals surface area contributed by atoms with Crippen molar-refractivity contribution in [3.05, 3.63) is 75.9 Å². The van der Waals surface area contributed by atoms with Gasteiger partial charge in [-0.15, -0.1) is 0 Å². The Morgan fingerprint density at radius 3 is 2.40 bits per heavy atom. The Labute approximate surface area is 191 Å². The van der Waals surface area contributed by atoms with E-state index < -0.39 is 10.0 Å². The molecule has 1 atom stereocenters. The van der Waals surface area contributed by atoms with Crippen LogP contribution in [-0.2, 0) is 21.2 Å². The minimum absolute atomic E-state index is 0.213. The highest BCUT2D eigenvalue weighted by atomic mass is 127. The highest BCUT2D eigenvalue weighted by Gasteiger charge is 2.21. The highest BCUT2D eigenvalue weighted by Crippen LogP contribution is 2.21. The van der Waals surface area contributed by atoms with Crippen molar-refractivity contribution in [3.8, 4) is 0 Å². The average molecular weight is 536 g/mol. The largest absolute Gasteiger partial charge is 0.354 e. The van der Waals surface area contributed by atoms with Crippen LogP contribution in [0.2, 0.25) is 0 Å². The molecule has 1 N–H and O–H groups in total. The lowest BCUT2D eigenvalue weighted by Crippen LogP contribution is -2.41. The summed E-state index contributed by atoms with van der Waals surface area (Å²) in [5.74, 6) is -0.103. The molecule has 1 amide bonds. The SMILES string of the molecule is CC(CNC(=O)CN(c1ccc(I)cc1)S(C)(=O)=O)Cc1cccc2ccccc12. The first-order chi connectivity index (χ1) is 14.2. The number of sulfonamides is 1. The number of carbonyl (C=O) groups excluding carboxylic acids is 1. The Bertz CT molecular complexity index is 1130. The summed E-state index contributed by atoms with van der Waals surface area (Å²) >= 11 is 2.15. The zero-order valence-electron chi connectivity index (χ0n) is 17.0. The second-order valence-corrected chi connectivity index (χ2v) is 10.7. The summed E-state index contributed by atoms with van der Waals surface area (Å²) in [7, 11) is -3.57. The highest BCUT2D eigenvalue weighted by molar-refractivity contribution is 14.1. The maximum atomic E-state index is 12.5. The fourth-order valence-corrected chi connectivity index (χ4v) is 4.62. The summed E-state index contributed by atoms with van der Waals surface area (Å²) in [5.41, 5.74) is 1.73. The molecule has 0 radical (unpaired) electrons. The van der Waals surface area contributed by atoms with Gasteiger partial charge in [0.2, 0.25) is 15.9 Å². The smallest absolute Gasteiger partial charge is 0.240 e. The molecule has 0 saturated heterocycles. The maximum absolute atomic E-state index is 12.5. The molecular weight excluding hydrogens is 511 g/mol. The molecule has 0 saturated carbocycles. The summed E-state index contributed by atoms with van der Waals surface area (Å²) < 4.78 is 26.5. The minimum Gasteiger partial charge on any atom is -0.354 e. The predicted octanol–water partition coefficient (Wildman–Crippen LogP) is 4.21. The van der Waals surface area contributed by atoms with Gasteiger partial charge in [0.05, 0.1) is 11.9 Å². The van der Waals surface area contributed by atoms with Gasteiger partial charge in [0.1, 0.15) is 6.54 Å². The number of anilines is 1. The number of rotatable bonds is 8. The quantitative estimate of drug-likeness (QED) is 0.439. The van der Waals surface area contributed by atoms with Crippen LogP contribution in [0, 0.1) is 9.49 Å². The molecule has 0 aliphatic rings. The lowest BCUT2D eigenvalue weighted by atomic mass is 9.96. The summed E-state index contributed by atoms with van der Waals surface area (Å²) in [6, 6.07) is 21.6. The van der Waals surface area contributed by atoms with Crippen molar-refractivity contribution >= 4 is 55.0 Å². The predicted molar refractivity (Wildman–Crippen MR) is 131 cm³/mol. The zero-order valence-corrected chi connectivity index (χ0v) is 20.0. The molecule has 0 aliphatic heterocycles. The number of nitrogens with one attached hydrogen (secondary N) is 1. The molecule has 3 rings (SSSR count). The normalized spacial score (nSPS) is 12.5. The fraction of sp³-hybridized carbons (Fsp3) is 0.261. The van der Waals surface area contributed by atoms with E-state index in [4.69, 9.17) is 0 Å². The Morgan fingerprint density at radius 2 is 1.70 bits per heavy atom. The van der Waals surface area contributed by atoms with Crippen LogP contribution in [0.15, 0.2) is 66.7 Å². The number of amides is 1. The maximum Gasteiger partial charge on any atom is 0.240 e. The topological polar surface area (TPSA) is 66.5 Å². The molecule has 3 aromatic rings. The van der Waals surface area contributed by atoms with Gasteiger partial charge in [-0.2, -0.15) is 0 Å². The van der Waals surface area contributed by atoms with Crippen LogP contribution in [0.25, 0.3) is 10.8 Å². The van der Waals surface area contributed by atoms with E-state index in [-0.39, 0.29) is 18.4 Å². The average Bonchev–Trinajstić information content (AvgIpc) is 2.71. The second kappa shape index (κ2) is 9.78. The lowest BCUT2D eigenvalue weighted by molar-refractivity contribution is -0.119. The van der Waals surface area contributed by atoms with Crippen LogP contribution < -0.4 is 9.62 Å². The molecular formula is C23H25IN2O3S. The molecule has 30 heavy (non-hydrogen) atoms. The number of nitrogens with zero attached hydrogens (tertiary/aromatic N) is 1. The summed E-state index contributed by atoms with van der Waals surface area (Å²) in [6.07, 6.45) is 1.94. The van der Waals surface area contributed by atoms with Crippen LogP contribution in [-0.4, -0.2) is 33.7 Å². The Hall–Kier alpha value is -2.13. The van der Waals surface area contributed by atoms with E-state index in [0.717, 1.165) is 20.6 Å². The van der Waals surface area contributed by atoms with Crippen LogP contribution in [0.5, 0.6) is 0 Å². The fourth-order valence-electron chi connectivity index (χ4n) is 3.40. The number of hydrogen-bond donors (Lipinski definition) is 1. The molecule has 1 unspecified atom stereocenters. The van der Waals surface area contributed by atoms with E-state index in [9.17, 15) is 13.2 Å². The molecule has 3 aromatic carbocycles. The van der Waals surface area contributed by atoms with Gasteiger partial charge in [-0.05, 0) is 75.5 Å². The van der Waals surface area contributed by atoms with Gasteiger partial charge >= 0.3 is 0 Å². The van der Waals surface area contributed by atoms with Crippen molar-refractivity contribution in [1.29, 1.82) is 0 Å². The van der Waals surface area contributed by atoms with Crippen molar-refractivity contribution in [3.63, 3.8) is 0 Å². The Kier molecular flexibility index (Phi) is 7.36. The zero-order chi connectivity index (χ0) is 21.7. The van der Waals surface area contributed by atoms with E-state index in [1.165, 1.54) is 16.3 Å². The number of carbonyl (C=O) groups is 1. The first kappa shape index (κ1) is 22.6. The van der Waals surface area contributed by atoms with Gasteiger partial charge in [0, 0.05) is 10.1 Å². The first-order valence-electron chi connectivity index (χ1n) is 9.70. The van der Waals surface area contributed by atoms with E-state index in [2.05, 4.69) is 59.1 Å². The van der Waals surface area contributed by atoms with Gasteiger partial charge < -0.3 is 5.32 Å². The number of benzene rings is 3. The molecule has 7 heteroatoms. The monoisotopic (exact) mass is 536 g/mol. The van der Waals surface area contributed by atoms with Crippen LogP contribution in [0.4, 0.5) is 5.69 Å². The number of halogens is 1. The molecule has 0 fully saturated rings. The third-order valence-corrected chi connectivity index (χ3v) is 6.76. The van der Waals surface area contributed by atoms with E-state index >= 15 is 0 Å². The number of hydrogen-bond acceptors (Lipinski definition) is 3. The van der Waals surface area contributed by atoms with Crippen LogP contribution >= 0.6 is 22.6 Å².